The zero-order valence-corrected chi connectivity index (χ0v) is 13.1. The van der Waals surface area contributed by atoms with E-state index >= 15 is 0 Å². The summed E-state index contributed by atoms with van der Waals surface area (Å²) >= 11 is 0. The van der Waals surface area contributed by atoms with E-state index in [0.29, 0.717) is 12.0 Å². The van der Waals surface area contributed by atoms with E-state index in [2.05, 4.69) is 30.3 Å². The van der Waals surface area contributed by atoms with Gasteiger partial charge in [-0.2, -0.15) is 5.10 Å². The summed E-state index contributed by atoms with van der Waals surface area (Å²) in [6.45, 7) is 6.09. The standard InChI is InChI=1S/C16H27N3O2/c1-3-12(2)19-9-8-15(18-19)11-17-10-13-4-6-14(7-5-13)16(20)21/h8-9,12-14,17H,3-7,10-11H2,1-2H3,(H,20,21). The molecule has 0 spiro atoms. The molecule has 1 fully saturated rings. The number of nitrogens with zero attached hydrogens (tertiary/aromatic N) is 2. The van der Waals surface area contributed by atoms with Crippen molar-refractivity contribution in [1.29, 1.82) is 0 Å². The molecule has 1 saturated carbocycles. The van der Waals surface area contributed by atoms with Crippen LogP contribution >= 0.6 is 0 Å². The van der Waals surface area contributed by atoms with Crippen molar-refractivity contribution in [1.82, 2.24) is 15.1 Å². The number of rotatable bonds is 7. The van der Waals surface area contributed by atoms with Gasteiger partial charge in [0.15, 0.2) is 0 Å². The van der Waals surface area contributed by atoms with E-state index in [1.165, 1.54) is 0 Å². The molecule has 1 atom stereocenters. The lowest BCUT2D eigenvalue weighted by Crippen LogP contribution is -2.28. The Balaban J connectivity index is 1.68. The van der Waals surface area contributed by atoms with E-state index in [1.54, 1.807) is 0 Å². The van der Waals surface area contributed by atoms with Crippen molar-refractivity contribution in [2.75, 3.05) is 6.54 Å². The fourth-order valence-corrected chi connectivity index (χ4v) is 2.92. The van der Waals surface area contributed by atoms with E-state index in [1.807, 2.05) is 10.9 Å². The molecule has 5 heteroatoms. The van der Waals surface area contributed by atoms with Crippen LogP contribution in [-0.2, 0) is 11.3 Å². The molecular formula is C16H27N3O2. The first kappa shape index (κ1) is 16.0. The monoisotopic (exact) mass is 293 g/mol. The summed E-state index contributed by atoms with van der Waals surface area (Å²) in [4.78, 5) is 10.9. The molecule has 5 nitrogen and oxygen atoms in total. The summed E-state index contributed by atoms with van der Waals surface area (Å²) in [6.07, 6.45) is 6.82. The van der Waals surface area contributed by atoms with Gasteiger partial charge >= 0.3 is 5.97 Å². The molecule has 1 unspecified atom stereocenters. The van der Waals surface area contributed by atoms with Crippen molar-refractivity contribution in [3.63, 3.8) is 0 Å². The quantitative estimate of drug-likeness (QED) is 0.811. The van der Waals surface area contributed by atoms with Gasteiger partial charge in [-0.1, -0.05) is 6.92 Å². The highest BCUT2D eigenvalue weighted by Crippen LogP contribution is 2.28. The molecule has 1 aliphatic carbocycles. The molecule has 1 heterocycles. The SMILES string of the molecule is CCC(C)n1ccc(CNCC2CCC(C(=O)O)CC2)n1. The highest BCUT2D eigenvalue weighted by molar-refractivity contribution is 5.69. The van der Waals surface area contributed by atoms with E-state index in [4.69, 9.17) is 5.11 Å². The smallest absolute Gasteiger partial charge is 0.306 e. The Morgan fingerprint density at radius 2 is 2.19 bits per heavy atom. The van der Waals surface area contributed by atoms with Crippen LogP contribution in [0.5, 0.6) is 0 Å². The Kier molecular flexibility index (Phi) is 5.79. The zero-order chi connectivity index (χ0) is 15.2. The zero-order valence-electron chi connectivity index (χ0n) is 13.1. The average molecular weight is 293 g/mol. The predicted molar refractivity (Wildman–Crippen MR) is 82.0 cm³/mol. The molecule has 0 saturated heterocycles. The average Bonchev–Trinajstić information content (AvgIpc) is 2.96. The lowest BCUT2D eigenvalue weighted by atomic mass is 9.82. The molecule has 1 aromatic heterocycles. The summed E-state index contributed by atoms with van der Waals surface area (Å²) in [7, 11) is 0. The largest absolute Gasteiger partial charge is 0.481 e. The number of aliphatic carboxylic acids is 1. The lowest BCUT2D eigenvalue weighted by molar-refractivity contribution is -0.143. The number of aromatic nitrogens is 2. The number of carboxylic acid groups (broad SMARTS) is 1. The van der Waals surface area contributed by atoms with Gasteiger partial charge in [-0.25, -0.2) is 0 Å². The summed E-state index contributed by atoms with van der Waals surface area (Å²) < 4.78 is 2.02. The van der Waals surface area contributed by atoms with Crippen molar-refractivity contribution in [2.45, 2.75) is 58.5 Å². The third kappa shape index (κ3) is 4.56. The molecule has 0 radical (unpaired) electrons. The van der Waals surface area contributed by atoms with Crippen LogP contribution in [0.15, 0.2) is 12.3 Å². The van der Waals surface area contributed by atoms with Crippen molar-refractivity contribution >= 4 is 5.97 Å². The molecule has 0 bridgehead atoms. The second-order valence-electron chi connectivity index (χ2n) is 6.23. The number of nitrogens with one attached hydrogen (secondary N) is 1. The van der Waals surface area contributed by atoms with Crippen LogP contribution < -0.4 is 5.32 Å². The molecule has 0 aliphatic heterocycles. The Morgan fingerprint density at radius 3 is 2.81 bits per heavy atom. The summed E-state index contributed by atoms with van der Waals surface area (Å²) in [5, 5.41) is 17.0. The molecule has 0 aromatic carbocycles. The maximum absolute atomic E-state index is 10.9. The highest BCUT2D eigenvalue weighted by Gasteiger charge is 2.25. The highest BCUT2D eigenvalue weighted by atomic mass is 16.4. The molecular weight excluding hydrogens is 266 g/mol. The first-order valence-electron chi connectivity index (χ1n) is 8.07. The second-order valence-corrected chi connectivity index (χ2v) is 6.23. The van der Waals surface area contributed by atoms with Gasteiger partial charge < -0.3 is 10.4 Å². The molecule has 21 heavy (non-hydrogen) atoms. The van der Waals surface area contributed by atoms with Crippen LogP contribution in [0.3, 0.4) is 0 Å². The topological polar surface area (TPSA) is 67.2 Å². The Morgan fingerprint density at radius 1 is 1.48 bits per heavy atom. The van der Waals surface area contributed by atoms with E-state index in [-0.39, 0.29) is 5.92 Å². The van der Waals surface area contributed by atoms with Gasteiger partial charge in [0, 0.05) is 18.8 Å². The predicted octanol–water partition coefficient (Wildman–Crippen LogP) is 2.83. The second kappa shape index (κ2) is 7.59. The molecule has 118 valence electrons. The van der Waals surface area contributed by atoms with E-state index in [9.17, 15) is 4.79 Å². The normalized spacial score (nSPS) is 23.9. The molecule has 0 amide bonds. The van der Waals surface area contributed by atoms with Crippen LogP contribution in [0.25, 0.3) is 0 Å². The van der Waals surface area contributed by atoms with Gasteiger partial charge in [-0.05, 0) is 57.6 Å². The first-order chi connectivity index (χ1) is 10.1. The number of hydrogen-bond donors (Lipinski definition) is 2. The van der Waals surface area contributed by atoms with Crippen molar-refractivity contribution in [2.24, 2.45) is 11.8 Å². The Labute approximate surface area is 126 Å². The molecule has 1 aromatic rings. The fraction of sp³-hybridized carbons (Fsp3) is 0.750. The maximum Gasteiger partial charge on any atom is 0.306 e. The van der Waals surface area contributed by atoms with Gasteiger partial charge in [0.05, 0.1) is 11.6 Å². The number of carbonyl (C=O) groups is 1. The molecule has 2 N–H and O–H groups in total. The van der Waals surface area contributed by atoms with E-state index < -0.39 is 5.97 Å². The molecule has 2 rings (SSSR count). The lowest BCUT2D eigenvalue weighted by Gasteiger charge is -2.26. The van der Waals surface area contributed by atoms with Gasteiger partial charge in [0.2, 0.25) is 0 Å². The Bertz CT molecular complexity index is 450. The van der Waals surface area contributed by atoms with Gasteiger partial charge in [-0.3, -0.25) is 9.48 Å². The van der Waals surface area contributed by atoms with Crippen LogP contribution in [0.4, 0.5) is 0 Å². The summed E-state index contributed by atoms with van der Waals surface area (Å²) in [5.74, 6) is -0.137. The summed E-state index contributed by atoms with van der Waals surface area (Å²) in [5.41, 5.74) is 1.08. The van der Waals surface area contributed by atoms with Crippen LogP contribution in [0.1, 0.15) is 57.7 Å². The van der Waals surface area contributed by atoms with Gasteiger partial charge in [-0.15, -0.1) is 0 Å². The Hall–Kier alpha value is -1.36. The van der Waals surface area contributed by atoms with E-state index in [0.717, 1.165) is 50.9 Å². The maximum atomic E-state index is 10.9. The third-order valence-corrected chi connectivity index (χ3v) is 4.64. The fourth-order valence-electron chi connectivity index (χ4n) is 2.92. The molecule has 1 aliphatic rings. The van der Waals surface area contributed by atoms with Gasteiger partial charge in [0.25, 0.3) is 0 Å². The minimum absolute atomic E-state index is 0.118. The van der Waals surface area contributed by atoms with Crippen LogP contribution in [0, 0.1) is 11.8 Å². The number of carboxylic acids is 1. The number of hydrogen-bond acceptors (Lipinski definition) is 3. The van der Waals surface area contributed by atoms with Crippen molar-refractivity contribution in [3.05, 3.63) is 18.0 Å². The minimum atomic E-state index is -0.628. The minimum Gasteiger partial charge on any atom is -0.481 e. The first-order valence-corrected chi connectivity index (χ1v) is 8.07. The van der Waals surface area contributed by atoms with Gasteiger partial charge in [0.1, 0.15) is 0 Å². The van der Waals surface area contributed by atoms with Crippen LogP contribution in [0.2, 0.25) is 0 Å². The van der Waals surface area contributed by atoms with Crippen molar-refractivity contribution in [3.8, 4) is 0 Å². The van der Waals surface area contributed by atoms with Crippen LogP contribution in [-0.4, -0.2) is 27.4 Å². The van der Waals surface area contributed by atoms with Crippen molar-refractivity contribution < 1.29 is 9.90 Å². The third-order valence-electron chi connectivity index (χ3n) is 4.64. The summed E-state index contributed by atoms with van der Waals surface area (Å²) in [6, 6.07) is 2.52.